The molecule has 4 N–H and O–H groups in total. The van der Waals surface area contributed by atoms with Gasteiger partial charge in [-0.1, -0.05) is 50.6 Å². The molecular weight excluding hydrogens is 458 g/mol. The van der Waals surface area contributed by atoms with E-state index in [1.807, 2.05) is 32.2 Å². The van der Waals surface area contributed by atoms with Gasteiger partial charge < -0.3 is 21.4 Å². The summed E-state index contributed by atoms with van der Waals surface area (Å²) < 4.78 is 0. The molecule has 1 aromatic heterocycles. The van der Waals surface area contributed by atoms with E-state index in [0.29, 0.717) is 27.1 Å². The normalized spacial score (nSPS) is 15.7. The van der Waals surface area contributed by atoms with Crippen LogP contribution >= 0.6 is 22.9 Å². The molecule has 7 nitrogen and oxygen atoms in total. The lowest BCUT2D eigenvalue weighted by Gasteiger charge is -2.18. The number of rotatable bonds is 7. The summed E-state index contributed by atoms with van der Waals surface area (Å²) in [5.41, 5.74) is 1.95. The highest BCUT2D eigenvalue weighted by Crippen LogP contribution is 2.28. The van der Waals surface area contributed by atoms with Crippen molar-refractivity contribution in [3.05, 3.63) is 70.2 Å². The summed E-state index contributed by atoms with van der Waals surface area (Å²) >= 11 is 7.69. The van der Waals surface area contributed by atoms with Gasteiger partial charge in [0.25, 0.3) is 0 Å². The molecule has 33 heavy (non-hydrogen) atoms. The molecule has 172 valence electrons. The molecule has 1 aliphatic carbocycles. The molecule has 0 saturated carbocycles. The fourth-order valence-corrected chi connectivity index (χ4v) is 3.76. The number of anilines is 3. The summed E-state index contributed by atoms with van der Waals surface area (Å²) in [6, 6.07) is 5.35. The number of amides is 2. The summed E-state index contributed by atoms with van der Waals surface area (Å²) in [7, 11) is 0. The summed E-state index contributed by atoms with van der Waals surface area (Å²) in [5, 5.41) is 19.8. The van der Waals surface area contributed by atoms with Crippen LogP contribution in [-0.2, 0) is 9.59 Å². The number of allylic oxidation sites excluding steroid dienone is 2. The quantitative estimate of drug-likeness (QED) is 0.405. The van der Waals surface area contributed by atoms with Crippen LogP contribution in [0.4, 0.5) is 16.5 Å². The summed E-state index contributed by atoms with van der Waals surface area (Å²) in [6.45, 7) is 5.81. The zero-order valence-corrected chi connectivity index (χ0v) is 20.2. The van der Waals surface area contributed by atoms with E-state index in [9.17, 15) is 9.59 Å². The van der Waals surface area contributed by atoms with Crippen molar-refractivity contribution < 1.29 is 9.59 Å². The molecule has 1 heterocycles. The molecule has 1 aromatic carbocycles. The molecule has 0 fully saturated rings. The van der Waals surface area contributed by atoms with Crippen molar-refractivity contribution >= 4 is 57.5 Å². The number of aromatic nitrogens is 1. The number of carbonyl (C=O) groups is 2. The monoisotopic (exact) mass is 483 g/mol. The molecule has 0 bridgehead atoms. The first kappa shape index (κ1) is 24.4. The van der Waals surface area contributed by atoms with Crippen molar-refractivity contribution in [2.24, 2.45) is 11.3 Å². The number of nitrogens with zero attached hydrogens (tertiary/aromatic N) is 1. The molecule has 0 radical (unpaired) electrons. The summed E-state index contributed by atoms with van der Waals surface area (Å²) in [5.74, 6) is -1.03. The number of carbonyl (C=O) groups excluding carboxylic acids is 2. The van der Waals surface area contributed by atoms with Crippen molar-refractivity contribution in [2.75, 3.05) is 17.2 Å². The average molecular weight is 484 g/mol. The molecule has 1 unspecified atom stereocenters. The van der Waals surface area contributed by atoms with Gasteiger partial charge in [-0.05, 0) is 29.9 Å². The smallest absolute Gasteiger partial charge is 0.235 e. The van der Waals surface area contributed by atoms with Gasteiger partial charge in [0.15, 0.2) is 5.13 Å². The Morgan fingerprint density at radius 3 is 2.64 bits per heavy atom. The van der Waals surface area contributed by atoms with E-state index in [2.05, 4.69) is 20.9 Å². The second-order valence-electron chi connectivity index (χ2n) is 8.45. The van der Waals surface area contributed by atoms with E-state index < -0.39 is 11.3 Å². The third-order valence-electron chi connectivity index (χ3n) is 4.81. The van der Waals surface area contributed by atoms with E-state index in [0.717, 1.165) is 5.57 Å². The van der Waals surface area contributed by atoms with Crippen LogP contribution in [0, 0.1) is 16.7 Å². The Balaban J connectivity index is 1.78. The zero-order valence-electron chi connectivity index (χ0n) is 18.6. The standard InChI is InChI=1S/C24H26ClN5O2S/c1-24(2,3)22(32)28-14-15-7-8-17(25)12-16(11-15)21(31)29-19-5-4-6-20(18(19)13-26)30-23-27-9-10-33-23/h4-13,16,26H,14H2,1-3H3,(H,27,30)(H,28,32)(H,29,31). The Labute approximate surface area is 202 Å². The van der Waals surface area contributed by atoms with Gasteiger partial charge in [-0.15, -0.1) is 11.3 Å². The third kappa shape index (κ3) is 6.63. The number of nitrogens with one attached hydrogen (secondary N) is 4. The molecule has 0 saturated heterocycles. The van der Waals surface area contributed by atoms with Crippen LogP contribution in [0.15, 0.2) is 64.7 Å². The van der Waals surface area contributed by atoms with Crippen LogP contribution in [0.2, 0.25) is 0 Å². The largest absolute Gasteiger partial charge is 0.352 e. The van der Waals surface area contributed by atoms with Gasteiger partial charge in [0, 0.05) is 40.3 Å². The molecule has 2 aromatic rings. The molecular formula is C24H26ClN5O2S. The maximum Gasteiger partial charge on any atom is 0.235 e. The van der Waals surface area contributed by atoms with E-state index >= 15 is 0 Å². The van der Waals surface area contributed by atoms with E-state index in [1.54, 1.807) is 42.6 Å². The molecule has 1 aliphatic rings. The average Bonchev–Trinajstić information content (AvgIpc) is 3.19. The Morgan fingerprint density at radius 1 is 1.21 bits per heavy atom. The lowest BCUT2D eigenvalue weighted by Crippen LogP contribution is -2.35. The SMILES string of the molecule is CC(C)(C)C(=O)NCC1=CC(C(=O)Nc2cccc(Nc3nccs3)c2C=N)C=C(Cl)C=C1. The van der Waals surface area contributed by atoms with Gasteiger partial charge in [-0.25, -0.2) is 4.98 Å². The van der Waals surface area contributed by atoms with Gasteiger partial charge in [-0.3, -0.25) is 9.59 Å². The second kappa shape index (κ2) is 10.6. The number of thiazole rings is 1. The van der Waals surface area contributed by atoms with E-state index in [4.69, 9.17) is 17.0 Å². The maximum atomic E-state index is 13.1. The number of hydrogen-bond acceptors (Lipinski definition) is 6. The Morgan fingerprint density at radius 2 is 1.97 bits per heavy atom. The van der Waals surface area contributed by atoms with Gasteiger partial charge >= 0.3 is 0 Å². The summed E-state index contributed by atoms with van der Waals surface area (Å²) in [6.07, 6.45) is 9.78. The van der Waals surface area contributed by atoms with Crippen molar-refractivity contribution in [1.82, 2.24) is 10.3 Å². The third-order valence-corrected chi connectivity index (χ3v) is 5.75. The van der Waals surface area contributed by atoms with Crippen molar-refractivity contribution in [3.8, 4) is 0 Å². The highest BCUT2D eigenvalue weighted by atomic mass is 35.5. The minimum Gasteiger partial charge on any atom is -0.352 e. The van der Waals surface area contributed by atoms with Crippen LogP contribution in [0.25, 0.3) is 0 Å². The fourth-order valence-electron chi connectivity index (χ4n) is 3.02. The fraction of sp³-hybridized carbons (Fsp3) is 0.250. The van der Waals surface area contributed by atoms with Gasteiger partial charge in [0.2, 0.25) is 11.8 Å². The zero-order chi connectivity index (χ0) is 24.0. The van der Waals surface area contributed by atoms with Crippen LogP contribution in [0.5, 0.6) is 0 Å². The Bertz CT molecular complexity index is 1130. The van der Waals surface area contributed by atoms with E-state index in [-0.39, 0.29) is 18.4 Å². The molecule has 0 spiro atoms. The van der Waals surface area contributed by atoms with Crippen molar-refractivity contribution in [3.63, 3.8) is 0 Å². The first-order valence-corrected chi connectivity index (χ1v) is 11.6. The lowest BCUT2D eigenvalue weighted by atomic mass is 9.95. The Hall–Kier alpha value is -3.23. The first-order valence-electron chi connectivity index (χ1n) is 10.3. The Kier molecular flexibility index (Phi) is 7.84. The molecule has 2 amide bonds. The number of halogens is 1. The molecule has 3 rings (SSSR count). The van der Waals surface area contributed by atoms with Gasteiger partial charge in [0.1, 0.15) is 0 Å². The van der Waals surface area contributed by atoms with Gasteiger partial charge in [0.05, 0.1) is 17.3 Å². The number of hydrogen-bond donors (Lipinski definition) is 4. The highest BCUT2D eigenvalue weighted by Gasteiger charge is 2.22. The van der Waals surface area contributed by atoms with Crippen molar-refractivity contribution in [1.29, 1.82) is 5.41 Å². The topological polar surface area (TPSA) is 107 Å². The van der Waals surface area contributed by atoms with Crippen molar-refractivity contribution in [2.45, 2.75) is 20.8 Å². The van der Waals surface area contributed by atoms with E-state index in [1.165, 1.54) is 17.6 Å². The highest BCUT2D eigenvalue weighted by molar-refractivity contribution is 7.13. The first-order chi connectivity index (χ1) is 15.7. The maximum absolute atomic E-state index is 13.1. The minimum atomic E-state index is -0.650. The van der Waals surface area contributed by atoms with Crippen LogP contribution in [0.3, 0.4) is 0 Å². The lowest BCUT2D eigenvalue weighted by molar-refractivity contribution is -0.128. The molecule has 0 aliphatic heterocycles. The molecule has 1 atom stereocenters. The second-order valence-corrected chi connectivity index (χ2v) is 9.78. The predicted octanol–water partition coefficient (Wildman–Crippen LogP) is 5.22. The van der Waals surface area contributed by atoms with Crippen LogP contribution in [-0.4, -0.2) is 29.6 Å². The predicted molar refractivity (Wildman–Crippen MR) is 135 cm³/mol. The minimum absolute atomic E-state index is 0.0822. The molecule has 9 heteroatoms. The summed E-state index contributed by atoms with van der Waals surface area (Å²) in [4.78, 5) is 29.5. The van der Waals surface area contributed by atoms with Crippen LogP contribution in [0.1, 0.15) is 26.3 Å². The van der Waals surface area contributed by atoms with Gasteiger partial charge in [-0.2, -0.15) is 0 Å². The van der Waals surface area contributed by atoms with Crippen LogP contribution < -0.4 is 16.0 Å². The number of benzene rings is 1.